The summed E-state index contributed by atoms with van der Waals surface area (Å²) in [6.07, 6.45) is 9.82. The lowest BCUT2D eigenvalue weighted by Crippen LogP contribution is -2.30. The molecule has 0 saturated heterocycles. The molecule has 0 radical (unpaired) electrons. The number of nitrogens with zero attached hydrogens (tertiary/aromatic N) is 6. The van der Waals surface area contributed by atoms with Gasteiger partial charge in [0.05, 0.1) is 23.5 Å². The third kappa shape index (κ3) is 3.41. The summed E-state index contributed by atoms with van der Waals surface area (Å²) in [5.74, 6) is 0.926. The van der Waals surface area contributed by atoms with Crippen LogP contribution in [0.25, 0.3) is 16.9 Å². The first-order valence-corrected chi connectivity index (χ1v) is 12.2. The van der Waals surface area contributed by atoms with E-state index in [1.165, 1.54) is 6.07 Å². The Kier molecular flexibility index (Phi) is 4.81. The first-order chi connectivity index (χ1) is 17.9. The second-order valence-electron chi connectivity index (χ2n) is 9.90. The smallest absolute Gasteiger partial charge is 0.387 e. The molecule has 2 N–H and O–H groups in total. The fourth-order valence-corrected chi connectivity index (χ4v) is 5.70. The number of benzene rings is 1. The lowest BCUT2D eigenvalue weighted by atomic mass is 9.91. The van der Waals surface area contributed by atoms with Gasteiger partial charge in [-0.25, -0.2) is 19.9 Å². The Morgan fingerprint density at radius 3 is 2.59 bits per heavy atom. The molecule has 1 saturated carbocycles. The summed E-state index contributed by atoms with van der Waals surface area (Å²) in [5.41, 5.74) is 10.1. The Morgan fingerprint density at radius 1 is 1.11 bits per heavy atom. The third-order valence-electron chi connectivity index (χ3n) is 7.73. The number of ether oxygens (including phenoxy) is 1. The maximum Gasteiger partial charge on any atom is 0.387 e. The molecule has 3 aromatic heterocycles. The summed E-state index contributed by atoms with van der Waals surface area (Å²) in [4.78, 5) is 33.2. The summed E-state index contributed by atoms with van der Waals surface area (Å²) in [5, 5.41) is 0. The van der Waals surface area contributed by atoms with Crippen LogP contribution < -0.4 is 10.5 Å². The highest BCUT2D eigenvalue weighted by Crippen LogP contribution is 2.52. The molecule has 2 aliphatic carbocycles. The molecule has 37 heavy (non-hydrogen) atoms. The zero-order valence-corrected chi connectivity index (χ0v) is 19.9. The van der Waals surface area contributed by atoms with Gasteiger partial charge in [-0.2, -0.15) is 8.78 Å². The van der Waals surface area contributed by atoms with Gasteiger partial charge in [0.2, 0.25) is 5.78 Å². The summed E-state index contributed by atoms with van der Waals surface area (Å²) >= 11 is 0. The van der Waals surface area contributed by atoms with E-state index in [0.29, 0.717) is 40.8 Å². The molecule has 2 bridgehead atoms. The van der Waals surface area contributed by atoms with Crippen LogP contribution in [0.4, 0.5) is 8.78 Å². The largest absolute Gasteiger partial charge is 0.434 e. The van der Waals surface area contributed by atoms with E-state index in [4.69, 9.17) is 15.5 Å². The van der Waals surface area contributed by atoms with Crippen LogP contribution in [-0.4, -0.2) is 48.8 Å². The molecule has 1 aromatic carbocycles. The van der Waals surface area contributed by atoms with E-state index < -0.39 is 6.61 Å². The topological polar surface area (TPSA) is 112 Å². The van der Waals surface area contributed by atoms with Crippen LogP contribution in [0.5, 0.6) is 5.75 Å². The molecule has 4 aromatic rings. The zero-order valence-electron chi connectivity index (χ0n) is 19.9. The minimum atomic E-state index is -3.01. The molecule has 4 heterocycles. The molecular formula is C26H23F2N7O2. The maximum absolute atomic E-state index is 13.3. The highest BCUT2D eigenvalue weighted by molar-refractivity contribution is 5.98. The molecule has 3 aliphatic rings. The highest BCUT2D eigenvalue weighted by Gasteiger charge is 2.46. The number of rotatable bonds is 5. The monoisotopic (exact) mass is 503 g/mol. The van der Waals surface area contributed by atoms with E-state index in [2.05, 4.69) is 15.0 Å². The van der Waals surface area contributed by atoms with Crippen LogP contribution in [0, 0.1) is 5.92 Å². The van der Waals surface area contributed by atoms with Gasteiger partial charge in [-0.1, -0.05) is 6.07 Å². The number of imidazole rings is 1. The van der Waals surface area contributed by atoms with Gasteiger partial charge in [0, 0.05) is 60.0 Å². The molecule has 7 rings (SSSR count). The number of alkyl halides is 2. The van der Waals surface area contributed by atoms with Crippen molar-refractivity contribution in [2.75, 3.05) is 7.05 Å². The molecule has 11 heteroatoms. The average molecular weight is 504 g/mol. The summed E-state index contributed by atoms with van der Waals surface area (Å²) in [6, 6.07) is 4.24. The van der Waals surface area contributed by atoms with Crippen molar-refractivity contribution in [3.63, 3.8) is 0 Å². The number of aromatic nitrogens is 5. The van der Waals surface area contributed by atoms with E-state index in [0.717, 1.165) is 29.7 Å². The van der Waals surface area contributed by atoms with Crippen LogP contribution in [0.1, 0.15) is 70.4 Å². The van der Waals surface area contributed by atoms with Gasteiger partial charge < -0.3 is 15.4 Å². The molecule has 3 atom stereocenters. The van der Waals surface area contributed by atoms with Crippen LogP contribution >= 0.6 is 0 Å². The van der Waals surface area contributed by atoms with Crippen molar-refractivity contribution in [2.45, 2.75) is 43.9 Å². The SMILES string of the molecule is CN1C(=O)c2cccc(OC(F)F)c2C2CC1c1nc3ncc(-c4cnc(C(N)C5CC5)nc4)cn3c12. The fraction of sp³-hybridized carbons (Fsp3) is 0.346. The first kappa shape index (κ1) is 22.2. The zero-order chi connectivity index (χ0) is 25.4. The molecule has 1 fully saturated rings. The summed E-state index contributed by atoms with van der Waals surface area (Å²) in [6.45, 7) is -3.01. The molecule has 1 aliphatic heterocycles. The van der Waals surface area contributed by atoms with E-state index in [1.54, 1.807) is 42.7 Å². The maximum atomic E-state index is 13.3. The van der Waals surface area contributed by atoms with Crippen LogP contribution in [0.15, 0.2) is 43.0 Å². The number of hydrogen-bond acceptors (Lipinski definition) is 7. The minimum absolute atomic E-state index is 0.00260. The standard InChI is InChI=1S/C26H23F2N7O2/c1-34-17-7-16(19-15(24(34)36)3-2-4-18(19)37-25(27)28)22-21(17)33-26-32-10-14(11-35(22)26)13-8-30-23(31-9-13)20(29)12-5-6-12/h2-4,8-12,16-17,20,25H,5-7,29H2,1H3. The van der Waals surface area contributed by atoms with Crippen molar-refractivity contribution in [1.82, 2.24) is 29.2 Å². The van der Waals surface area contributed by atoms with Gasteiger partial charge >= 0.3 is 6.61 Å². The normalized spacial score (nSPS) is 21.2. The number of nitrogens with two attached hydrogens (primary N) is 1. The van der Waals surface area contributed by atoms with Crippen molar-refractivity contribution in [3.05, 3.63) is 71.3 Å². The van der Waals surface area contributed by atoms with Crippen LogP contribution in [0.3, 0.4) is 0 Å². The second kappa shape index (κ2) is 8.01. The van der Waals surface area contributed by atoms with Crippen LogP contribution in [0.2, 0.25) is 0 Å². The minimum Gasteiger partial charge on any atom is -0.434 e. The van der Waals surface area contributed by atoms with Gasteiger partial charge in [-0.05, 0) is 37.3 Å². The fourth-order valence-electron chi connectivity index (χ4n) is 5.70. The number of amides is 1. The van der Waals surface area contributed by atoms with Crippen molar-refractivity contribution < 1.29 is 18.3 Å². The van der Waals surface area contributed by atoms with E-state index >= 15 is 0 Å². The molecule has 188 valence electrons. The van der Waals surface area contributed by atoms with Gasteiger partial charge in [-0.3, -0.25) is 9.20 Å². The van der Waals surface area contributed by atoms with Crippen LogP contribution in [-0.2, 0) is 0 Å². The highest BCUT2D eigenvalue weighted by atomic mass is 19.3. The number of carbonyl (C=O) groups is 1. The summed E-state index contributed by atoms with van der Waals surface area (Å²) in [7, 11) is 1.71. The number of carbonyl (C=O) groups excluding carboxylic acids is 1. The molecule has 3 unspecified atom stereocenters. The van der Waals surface area contributed by atoms with Gasteiger partial charge in [-0.15, -0.1) is 0 Å². The molecule has 1 amide bonds. The Labute approximate surface area is 210 Å². The molecule has 9 nitrogen and oxygen atoms in total. The Hall–Kier alpha value is -3.99. The average Bonchev–Trinajstić information content (AvgIpc) is 3.61. The Bertz CT molecular complexity index is 1550. The third-order valence-corrected chi connectivity index (χ3v) is 7.73. The number of hydrogen-bond donors (Lipinski definition) is 1. The summed E-state index contributed by atoms with van der Waals surface area (Å²) < 4.78 is 33.4. The van der Waals surface area contributed by atoms with E-state index in [1.807, 2.05) is 10.6 Å². The Balaban J connectivity index is 1.35. The van der Waals surface area contributed by atoms with Gasteiger partial charge in [0.15, 0.2) is 0 Å². The quantitative estimate of drug-likeness (QED) is 0.440. The van der Waals surface area contributed by atoms with E-state index in [9.17, 15) is 13.6 Å². The molecule has 0 spiro atoms. The van der Waals surface area contributed by atoms with Crippen molar-refractivity contribution >= 4 is 11.7 Å². The second-order valence-corrected chi connectivity index (χ2v) is 9.90. The van der Waals surface area contributed by atoms with E-state index in [-0.39, 0.29) is 29.7 Å². The number of halogens is 2. The van der Waals surface area contributed by atoms with Gasteiger partial charge in [0.25, 0.3) is 5.91 Å². The predicted molar refractivity (Wildman–Crippen MR) is 128 cm³/mol. The van der Waals surface area contributed by atoms with Crippen molar-refractivity contribution in [2.24, 2.45) is 11.7 Å². The predicted octanol–water partition coefficient (Wildman–Crippen LogP) is 3.86. The molecular weight excluding hydrogens is 480 g/mol. The lowest BCUT2D eigenvalue weighted by molar-refractivity contribution is -0.0506. The van der Waals surface area contributed by atoms with Crippen molar-refractivity contribution in [3.8, 4) is 16.9 Å². The van der Waals surface area contributed by atoms with Gasteiger partial charge in [0.1, 0.15) is 11.6 Å². The van der Waals surface area contributed by atoms with Crippen molar-refractivity contribution in [1.29, 1.82) is 0 Å². The Morgan fingerprint density at radius 2 is 1.86 bits per heavy atom. The lowest BCUT2D eigenvalue weighted by Gasteiger charge is -2.23. The number of fused-ring (bicyclic) bond motifs is 9. The first-order valence-electron chi connectivity index (χ1n) is 12.2.